The minimum Gasteiger partial charge on any atom is -0.365 e. The summed E-state index contributed by atoms with van der Waals surface area (Å²) in [5.74, 6) is 0.724. The van der Waals surface area contributed by atoms with Crippen LogP contribution in [-0.4, -0.2) is 26.5 Å². The van der Waals surface area contributed by atoms with Crippen LogP contribution in [0.2, 0.25) is 0 Å². The molecule has 2 heterocycles. The van der Waals surface area contributed by atoms with E-state index in [2.05, 4.69) is 25.3 Å². The highest BCUT2D eigenvalue weighted by Gasteiger charge is 2.03. The fraction of sp³-hybridized carbons (Fsp3) is 0.125. The minimum atomic E-state index is 0.620. The number of nitrogens with one attached hydrogen (secondary N) is 2. The predicted molar refractivity (Wildman–Crippen MR) is 55.2 cm³/mol. The van der Waals surface area contributed by atoms with Crippen molar-refractivity contribution < 1.29 is 0 Å². The lowest BCUT2D eigenvalue weighted by molar-refractivity contribution is 1.17. The molecule has 0 unspecified atom stereocenters. The van der Waals surface area contributed by atoms with Crippen LogP contribution in [0, 0.1) is 0 Å². The summed E-state index contributed by atoms with van der Waals surface area (Å²) >= 11 is 5.39. The van der Waals surface area contributed by atoms with Crippen molar-refractivity contribution in [1.82, 2.24) is 19.9 Å². The summed E-state index contributed by atoms with van der Waals surface area (Å²) < 4.78 is 0. The maximum absolute atomic E-state index is 5.39. The van der Waals surface area contributed by atoms with Crippen LogP contribution in [0.1, 0.15) is 0 Å². The van der Waals surface area contributed by atoms with Gasteiger partial charge in [0, 0.05) is 12.1 Å². The van der Waals surface area contributed by atoms with Crippen LogP contribution in [0.15, 0.2) is 24.3 Å². The number of fused-ring (bicyclic) bond motifs is 1. The number of H-pyrrole nitrogens is 1. The van der Waals surface area contributed by atoms with Crippen molar-refractivity contribution in [1.29, 1.82) is 0 Å². The average molecular weight is 210 g/mol. The Kier molecular flexibility index (Phi) is 2.60. The summed E-state index contributed by atoms with van der Waals surface area (Å²) in [7, 11) is 0. The monoisotopic (exact) mass is 209 g/mol. The summed E-state index contributed by atoms with van der Waals surface area (Å²) in [5, 5.41) is 3.08. The van der Waals surface area contributed by atoms with E-state index in [4.69, 9.17) is 11.6 Å². The highest BCUT2D eigenvalue weighted by atomic mass is 35.5. The van der Waals surface area contributed by atoms with Gasteiger partial charge in [-0.15, -0.1) is 0 Å². The second-order valence-electron chi connectivity index (χ2n) is 2.57. The third-order valence-electron chi connectivity index (χ3n) is 1.70. The van der Waals surface area contributed by atoms with Gasteiger partial charge >= 0.3 is 0 Å². The Hall–Kier alpha value is -1.62. The molecule has 2 aromatic rings. The molecule has 0 aliphatic heterocycles. The van der Waals surface area contributed by atoms with Crippen molar-refractivity contribution in [2.75, 3.05) is 11.9 Å². The lowest BCUT2D eigenvalue weighted by atomic mass is 10.5. The van der Waals surface area contributed by atoms with Crippen LogP contribution in [0.5, 0.6) is 0 Å². The van der Waals surface area contributed by atoms with Gasteiger partial charge < -0.3 is 10.3 Å². The fourth-order valence-electron chi connectivity index (χ4n) is 1.10. The van der Waals surface area contributed by atoms with Gasteiger partial charge in [0.2, 0.25) is 0 Å². The minimum absolute atomic E-state index is 0.620. The van der Waals surface area contributed by atoms with E-state index < -0.39 is 0 Å². The van der Waals surface area contributed by atoms with E-state index in [0.29, 0.717) is 12.2 Å². The van der Waals surface area contributed by atoms with E-state index in [1.54, 1.807) is 12.4 Å². The van der Waals surface area contributed by atoms with Crippen molar-refractivity contribution >= 4 is 28.6 Å². The lowest BCUT2D eigenvalue weighted by Gasteiger charge is -2.01. The molecular weight excluding hydrogens is 202 g/mol. The summed E-state index contributed by atoms with van der Waals surface area (Å²) in [5.41, 5.74) is 2.91. The number of aromatic amines is 1. The molecule has 14 heavy (non-hydrogen) atoms. The largest absolute Gasteiger partial charge is 0.365 e. The van der Waals surface area contributed by atoms with Gasteiger partial charge in [0.05, 0.1) is 6.33 Å². The number of hydrogen-bond acceptors (Lipinski definition) is 4. The first-order valence-corrected chi connectivity index (χ1v) is 4.48. The fourth-order valence-corrected chi connectivity index (χ4v) is 1.19. The van der Waals surface area contributed by atoms with Crippen molar-refractivity contribution in [3.63, 3.8) is 0 Å². The van der Waals surface area contributed by atoms with Gasteiger partial charge in [0.15, 0.2) is 11.5 Å². The third kappa shape index (κ3) is 1.67. The Labute approximate surface area is 85.2 Å². The van der Waals surface area contributed by atoms with E-state index in [-0.39, 0.29) is 0 Å². The molecule has 2 N–H and O–H groups in total. The molecule has 2 rings (SSSR count). The van der Waals surface area contributed by atoms with Crippen molar-refractivity contribution in [2.45, 2.75) is 0 Å². The predicted octanol–water partition coefficient (Wildman–Crippen LogP) is 1.52. The zero-order valence-electron chi connectivity index (χ0n) is 7.24. The van der Waals surface area contributed by atoms with E-state index in [1.165, 1.54) is 11.9 Å². The maximum atomic E-state index is 5.39. The molecule has 0 spiro atoms. The standard InChI is InChI=1S/C8H8ClN5/c9-2-1-3-10-7-6-8(12-4-11-6)14-5-13-7/h1-2,4-5H,3H2,(H2,10,11,12,13,14). The Morgan fingerprint density at radius 3 is 3.21 bits per heavy atom. The molecule has 0 amide bonds. The molecule has 5 nitrogen and oxygen atoms in total. The quantitative estimate of drug-likeness (QED) is 0.805. The van der Waals surface area contributed by atoms with Crippen LogP contribution >= 0.6 is 11.6 Å². The Balaban J connectivity index is 2.27. The maximum Gasteiger partial charge on any atom is 0.182 e. The van der Waals surface area contributed by atoms with Gasteiger partial charge in [-0.1, -0.05) is 17.7 Å². The van der Waals surface area contributed by atoms with Gasteiger partial charge in [0.1, 0.15) is 11.8 Å². The SMILES string of the molecule is ClC=CCNc1ncnc2nc[nH]c12. The van der Waals surface area contributed by atoms with E-state index in [9.17, 15) is 0 Å². The second kappa shape index (κ2) is 4.06. The Morgan fingerprint density at radius 2 is 2.36 bits per heavy atom. The molecule has 72 valence electrons. The van der Waals surface area contributed by atoms with Gasteiger partial charge in [-0.25, -0.2) is 15.0 Å². The first-order chi connectivity index (χ1) is 6.92. The molecule has 0 bridgehead atoms. The van der Waals surface area contributed by atoms with Crippen molar-refractivity contribution in [2.24, 2.45) is 0 Å². The molecule has 0 aliphatic rings. The average Bonchev–Trinajstić information content (AvgIpc) is 2.67. The summed E-state index contributed by atoms with van der Waals surface area (Å²) in [6.07, 6.45) is 4.84. The van der Waals surface area contributed by atoms with Gasteiger partial charge in [0.25, 0.3) is 0 Å². The van der Waals surface area contributed by atoms with Crippen LogP contribution in [-0.2, 0) is 0 Å². The van der Waals surface area contributed by atoms with Crippen molar-refractivity contribution in [3.05, 3.63) is 24.3 Å². The molecule has 0 saturated heterocycles. The molecule has 0 saturated carbocycles. The molecule has 0 atom stereocenters. The zero-order valence-corrected chi connectivity index (χ0v) is 7.99. The summed E-state index contributed by atoms with van der Waals surface area (Å²) in [6, 6.07) is 0. The molecule has 6 heteroatoms. The van der Waals surface area contributed by atoms with E-state index >= 15 is 0 Å². The number of halogens is 1. The normalized spacial score (nSPS) is 11.2. The number of hydrogen-bond donors (Lipinski definition) is 2. The number of rotatable bonds is 3. The second-order valence-corrected chi connectivity index (χ2v) is 2.82. The number of anilines is 1. The van der Waals surface area contributed by atoms with Crippen LogP contribution in [0.4, 0.5) is 5.82 Å². The highest BCUT2D eigenvalue weighted by Crippen LogP contribution is 2.13. The highest BCUT2D eigenvalue weighted by molar-refractivity contribution is 6.25. The van der Waals surface area contributed by atoms with Crippen molar-refractivity contribution in [3.8, 4) is 0 Å². The topological polar surface area (TPSA) is 66.5 Å². The molecule has 0 aromatic carbocycles. The molecule has 2 aromatic heterocycles. The van der Waals surface area contributed by atoms with Gasteiger partial charge in [-0.3, -0.25) is 0 Å². The van der Waals surface area contributed by atoms with Crippen LogP contribution < -0.4 is 5.32 Å². The Bertz CT molecular complexity index is 450. The number of imidazole rings is 1. The summed E-state index contributed by atoms with van der Waals surface area (Å²) in [6.45, 7) is 0.620. The van der Waals surface area contributed by atoms with Crippen LogP contribution in [0.25, 0.3) is 11.2 Å². The zero-order chi connectivity index (χ0) is 9.80. The first-order valence-electron chi connectivity index (χ1n) is 4.05. The first kappa shape index (κ1) is 8.96. The van der Waals surface area contributed by atoms with Crippen LogP contribution in [0.3, 0.4) is 0 Å². The lowest BCUT2D eigenvalue weighted by Crippen LogP contribution is -2.01. The number of aromatic nitrogens is 4. The molecule has 0 aliphatic carbocycles. The van der Waals surface area contributed by atoms with E-state index in [1.807, 2.05) is 0 Å². The molecule has 0 radical (unpaired) electrons. The smallest absolute Gasteiger partial charge is 0.182 e. The van der Waals surface area contributed by atoms with Gasteiger partial charge in [-0.05, 0) is 0 Å². The van der Waals surface area contributed by atoms with E-state index in [0.717, 1.165) is 11.3 Å². The van der Waals surface area contributed by atoms with Gasteiger partial charge in [-0.2, -0.15) is 0 Å². The third-order valence-corrected chi connectivity index (χ3v) is 1.88. The number of nitrogens with zero attached hydrogens (tertiary/aromatic N) is 3. The summed E-state index contributed by atoms with van der Waals surface area (Å²) in [4.78, 5) is 15.0. The molecule has 0 fully saturated rings. The Morgan fingerprint density at radius 1 is 1.43 bits per heavy atom. The molecular formula is C8H8ClN5.